The van der Waals surface area contributed by atoms with Crippen molar-refractivity contribution in [1.29, 1.82) is 0 Å². The van der Waals surface area contributed by atoms with Crippen molar-refractivity contribution in [3.63, 3.8) is 0 Å². The number of oxime groups is 1. The fraction of sp³-hybridized carbons (Fsp3) is 0.333. The summed E-state index contributed by atoms with van der Waals surface area (Å²) in [5, 5.41) is 7.35. The van der Waals surface area contributed by atoms with Crippen LogP contribution in [0.5, 0.6) is 0 Å². The van der Waals surface area contributed by atoms with Crippen LogP contribution in [0.2, 0.25) is 10.0 Å². The molecule has 0 aliphatic carbocycles. The molecule has 2 aromatic rings. The molecule has 4 rings (SSSR count). The maximum absolute atomic E-state index is 14.3. The van der Waals surface area contributed by atoms with E-state index in [1.807, 2.05) is 11.0 Å². The molecule has 9 heteroatoms. The number of nitrogens with one attached hydrogen (secondary N) is 1. The van der Waals surface area contributed by atoms with E-state index in [9.17, 15) is 8.78 Å². The summed E-state index contributed by atoms with van der Waals surface area (Å²) >= 11 is 11.9. The van der Waals surface area contributed by atoms with Gasteiger partial charge in [0.1, 0.15) is 12.9 Å². The number of halogens is 4. The highest BCUT2D eigenvalue weighted by Crippen LogP contribution is 2.44. The van der Waals surface area contributed by atoms with Crippen molar-refractivity contribution in [3.05, 3.63) is 57.3 Å². The van der Waals surface area contributed by atoms with Crippen molar-refractivity contribution in [3.8, 4) is 0 Å². The molecule has 0 amide bonds. The topological polar surface area (TPSA) is 49.8 Å². The van der Waals surface area contributed by atoms with E-state index in [-0.39, 0.29) is 27.8 Å². The molecule has 0 spiro atoms. The van der Waals surface area contributed by atoms with E-state index in [1.54, 1.807) is 0 Å². The third-order valence-corrected chi connectivity index (χ3v) is 5.74. The molecule has 2 aliphatic heterocycles. The van der Waals surface area contributed by atoms with Crippen LogP contribution in [0, 0.1) is 11.8 Å². The Bertz CT molecular complexity index is 924. The number of guanidine groups is 1. The van der Waals surface area contributed by atoms with E-state index in [2.05, 4.69) is 15.5 Å². The summed E-state index contributed by atoms with van der Waals surface area (Å²) < 4.78 is 28.4. The number of anilines is 1. The van der Waals surface area contributed by atoms with Gasteiger partial charge < -0.3 is 15.1 Å². The van der Waals surface area contributed by atoms with Gasteiger partial charge >= 0.3 is 0 Å². The second-order valence-electron chi connectivity index (χ2n) is 6.50. The molecule has 1 aromatic carbocycles. The molecule has 3 heterocycles. The Morgan fingerprint density at radius 2 is 2.07 bits per heavy atom. The Morgan fingerprint density at radius 3 is 2.85 bits per heavy atom. The number of pyridine rings is 1. The average molecular weight is 413 g/mol. The van der Waals surface area contributed by atoms with Gasteiger partial charge in [0, 0.05) is 17.8 Å². The molecule has 142 valence electrons. The highest BCUT2D eigenvalue weighted by molar-refractivity contribution is 6.42. The first-order chi connectivity index (χ1) is 13.0. The zero-order valence-corrected chi connectivity index (χ0v) is 15.9. The van der Waals surface area contributed by atoms with E-state index in [0.717, 1.165) is 24.5 Å². The van der Waals surface area contributed by atoms with Gasteiger partial charge in [-0.3, -0.25) is 0 Å². The summed E-state index contributed by atoms with van der Waals surface area (Å²) in [6, 6.07) is 4.27. The summed E-state index contributed by atoms with van der Waals surface area (Å²) in [6.45, 7) is 0. The van der Waals surface area contributed by atoms with Crippen molar-refractivity contribution in [2.45, 2.75) is 31.3 Å². The third kappa shape index (κ3) is 3.19. The number of fused-ring (bicyclic) bond motifs is 4. The van der Waals surface area contributed by atoms with Crippen LogP contribution in [0.1, 0.15) is 30.0 Å². The van der Waals surface area contributed by atoms with Crippen LogP contribution in [0.25, 0.3) is 0 Å². The monoisotopic (exact) mass is 412 g/mol. The number of hydrogen-bond acceptors (Lipinski definition) is 3. The molecule has 2 aliphatic rings. The number of hydrogen-bond donors (Lipinski definition) is 1. The summed E-state index contributed by atoms with van der Waals surface area (Å²) in [4.78, 5) is 10.7. The Morgan fingerprint density at radius 1 is 1.30 bits per heavy atom. The van der Waals surface area contributed by atoms with Gasteiger partial charge in [-0.2, -0.15) is 4.39 Å². The van der Waals surface area contributed by atoms with Crippen LogP contribution in [-0.2, 0) is 11.3 Å². The third-order valence-electron chi connectivity index (χ3n) is 5.02. The molecular weight excluding hydrogens is 397 g/mol. The average Bonchev–Trinajstić information content (AvgIpc) is 2.94. The molecule has 1 N–H and O–H groups in total. The molecule has 27 heavy (non-hydrogen) atoms. The van der Waals surface area contributed by atoms with Gasteiger partial charge in [-0.1, -0.05) is 23.2 Å². The predicted molar refractivity (Wildman–Crippen MR) is 100.0 cm³/mol. The van der Waals surface area contributed by atoms with Gasteiger partial charge in [-0.15, -0.1) is 0 Å². The lowest BCUT2D eigenvalue weighted by molar-refractivity contribution is 0.195. The van der Waals surface area contributed by atoms with Gasteiger partial charge in [0.2, 0.25) is 11.9 Å². The summed E-state index contributed by atoms with van der Waals surface area (Å²) in [6.07, 6.45) is 3.65. The molecule has 1 aromatic heterocycles. The van der Waals surface area contributed by atoms with Gasteiger partial charge in [-0.05, 0) is 48.2 Å². The lowest BCUT2D eigenvalue weighted by atomic mass is 9.95. The number of benzene rings is 1. The second kappa shape index (κ2) is 7.13. The highest BCUT2D eigenvalue weighted by atomic mass is 35.5. The van der Waals surface area contributed by atoms with E-state index < -0.39 is 11.8 Å². The van der Waals surface area contributed by atoms with E-state index in [1.165, 1.54) is 19.4 Å². The molecule has 2 bridgehead atoms. The molecule has 2 atom stereocenters. The smallest absolute Gasteiger partial charge is 0.241 e. The van der Waals surface area contributed by atoms with Crippen molar-refractivity contribution < 1.29 is 13.6 Å². The van der Waals surface area contributed by atoms with Crippen molar-refractivity contribution in [2.24, 2.45) is 5.16 Å². The van der Waals surface area contributed by atoms with Crippen LogP contribution >= 0.6 is 23.2 Å². The first kappa shape index (κ1) is 18.3. The number of nitrogens with zero attached hydrogens (tertiary/aromatic N) is 3. The minimum atomic E-state index is -0.562. The molecule has 0 radical (unpaired) electrons. The van der Waals surface area contributed by atoms with E-state index in [0.29, 0.717) is 17.9 Å². The minimum absolute atomic E-state index is 0.00781. The van der Waals surface area contributed by atoms with E-state index >= 15 is 0 Å². The standard InChI is InChI=1S/C18H16Cl2F2N4O/c1-27-25-18(24-15-8-13(20)12(19)7-14(15)21)26-9-2-3-16(26)10-4-5-23-17(22)11(10)6-9/h4-5,7-9,16H,2-3,6H2,1H3,(H,24,25)/t9-,16+/m0/s1. The van der Waals surface area contributed by atoms with Gasteiger partial charge in [-0.25, -0.2) is 9.37 Å². The minimum Gasteiger partial charge on any atom is -0.396 e. The second-order valence-corrected chi connectivity index (χ2v) is 7.31. The highest BCUT2D eigenvalue weighted by Gasteiger charge is 2.43. The Balaban J connectivity index is 1.70. The molecule has 5 nitrogen and oxygen atoms in total. The summed E-state index contributed by atoms with van der Waals surface area (Å²) in [5.41, 5.74) is 1.64. The van der Waals surface area contributed by atoms with Crippen LogP contribution in [-0.4, -0.2) is 29.0 Å². The fourth-order valence-corrected chi connectivity index (χ4v) is 4.21. The molecule has 0 unspecified atom stereocenters. The van der Waals surface area contributed by atoms with Gasteiger partial charge in [0.25, 0.3) is 0 Å². The first-order valence-electron chi connectivity index (χ1n) is 8.44. The van der Waals surface area contributed by atoms with Crippen molar-refractivity contribution in [1.82, 2.24) is 9.88 Å². The number of aromatic nitrogens is 1. The summed E-state index contributed by atoms with van der Waals surface area (Å²) in [7, 11) is 1.41. The molecule has 1 saturated heterocycles. The SMILES string of the molecule is CON=C(Nc1cc(Cl)c(Cl)cc1F)N1[C@H]2CC[C@@H]1c1ccnc(F)c1C2. The quantitative estimate of drug-likeness (QED) is 0.254. The molecular formula is C18H16Cl2F2N4O. The molecule has 0 saturated carbocycles. The van der Waals surface area contributed by atoms with Crippen molar-refractivity contribution >= 4 is 34.8 Å². The van der Waals surface area contributed by atoms with Crippen LogP contribution in [0.15, 0.2) is 29.6 Å². The van der Waals surface area contributed by atoms with Crippen LogP contribution in [0.4, 0.5) is 14.5 Å². The number of rotatable bonds is 2. The Kier molecular flexibility index (Phi) is 4.82. The predicted octanol–water partition coefficient (Wildman–Crippen LogP) is 4.76. The Labute approximate surface area is 164 Å². The molecule has 1 fully saturated rings. The largest absolute Gasteiger partial charge is 0.396 e. The van der Waals surface area contributed by atoms with Crippen LogP contribution in [0.3, 0.4) is 0 Å². The van der Waals surface area contributed by atoms with E-state index in [4.69, 9.17) is 28.0 Å². The summed E-state index contributed by atoms with van der Waals surface area (Å²) in [5.74, 6) is -0.656. The first-order valence-corrected chi connectivity index (χ1v) is 9.19. The zero-order valence-electron chi connectivity index (χ0n) is 14.3. The zero-order chi connectivity index (χ0) is 19.1. The van der Waals surface area contributed by atoms with Gasteiger partial charge in [0.05, 0.1) is 21.8 Å². The lowest BCUT2D eigenvalue weighted by Crippen LogP contribution is -2.45. The lowest BCUT2D eigenvalue weighted by Gasteiger charge is -2.38. The fourth-order valence-electron chi connectivity index (χ4n) is 3.90. The maximum Gasteiger partial charge on any atom is 0.241 e. The Hall–Kier alpha value is -2.12. The normalized spacial score (nSPS) is 21.2. The van der Waals surface area contributed by atoms with Crippen LogP contribution < -0.4 is 5.32 Å². The van der Waals surface area contributed by atoms with Gasteiger partial charge in [0.15, 0.2) is 0 Å². The van der Waals surface area contributed by atoms with Crippen molar-refractivity contribution in [2.75, 3.05) is 12.4 Å². The maximum atomic E-state index is 14.3.